The summed E-state index contributed by atoms with van der Waals surface area (Å²) in [6.45, 7) is 0.517. The lowest BCUT2D eigenvalue weighted by Crippen LogP contribution is -2.28. The first-order valence-corrected chi connectivity index (χ1v) is 8.62. The van der Waals surface area contributed by atoms with E-state index in [9.17, 15) is 4.79 Å². The second kappa shape index (κ2) is 6.50. The van der Waals surface area contributed by atoms with Crippen molar-refractivity contribution >= 4 is 39.2 Å². The molecule has 3 aromatic rings. The summed E-state index contributed by atoms with van der Waals surface area (Å²) in [5.41, 5.74) is 0.990. The van der Waals surface area contributed by atoms with E-state index in [4.69, 9.17) is 0 Å². The SMILES string of the molecule is CN(Cc1nccn1C)C(=O)CSc1nc2ccccc2s1. The van der Waals surface area contributed by atoms with Crippen molar-refractivity contribution in [1.82, 2.24) is 19.4 Å². The first-order valence-electron chi connectivity index (χ1n) is 6.82. The molecule has 1 amide bonds. The first-order chi connectivity index (χ1) is 10.6. The van der Waals surface area contributed by atoms with Crippen molar-refractivity contribution in [2.75, 3.05) is 12.8 Å². The average molecular weight is 332 g/mol. The minimum absolute atomic E-state index is 0.0762. The van der Waals surface area contributed by atoms with Gasteiger partial charge in [-0.2, -0.15) is 0 Å². The third kappa shape index (κ3) is 3.31. The molecule has 0 aliphatic carbocycles. The lowest BCUT2D eigenvalue weighted by Gasteiger charge is -2.16. The molecule has 0 bridgehead atoms. The molecule has 1 aromatic carbocycles. The van der Waals surface area contributed by atoms with E-state index in [1.165, 1.54) is 11.8 Å². The number of nitrogens with zero attached hydrogens (tertiary/aromatic N) is 4. The lowest BCUT2D eigenvalue weighted by molar-refractivity contribution is -0.127. The highest BCUT2D eigenvalue weighted by atomic mass is 32.2. The minimum Gasteiger partial charge on any atom is -0.338 e. The van der Waals surface area contributed by atoms with Gasteiger partial charge in [-0.3, -0.25) is 4.79 Å². The highest BCUT2D eigenvalue weighted by Gasteiger charge is 2.13. The van der Waals surface area contributed by atoms with E-state index in [1.807, 2.05) is 42.1 Å². The van der Waals surface area contributed by atoms with Crippen molar-refractivity contribution in [3.05, 3.63) is 42.5 Å². The van der Waals surface area contributed by atoms with Crippen LogP contribution in [-0.4, -0.2) is 38.1 Å². The number of carbonyl (C=O) groups is 1. The van der Waals surface area contributed by atoms with E-state index < -0.39 is 0 Å². The maximum absolute atomic E-state index is 12.2. The Bertz CT molecular complexity index is 763. The van der Waals surface area contributed by atoms with Crippen LogP contribution >= 0.6 is 23.1 Å². The van der Waals surface area contributed by atoms with Gasteiger partial charge in [-0.1, -0.05) is 23.9 Å². The topological polar surface area (TPSA) is 51.0 Å². The summed E-state index contributed by atoms with van der Waals surface area (Å²) in [7, 11) is 3.73. The number of thioether (sulfide) groups is 1. The molecule has 5 nitrogen and oxygen atoms in total. The van der Waals surface area contributed by atoms with Crippen molar-refractivity contribution in [2.24, 2.45) is 7.05 Å². The van der Waals surface area contributed by atoms with Crippen molar-refractivity contribution in [3.63, 3.8) is 0 Å². The Kier molecular flexibility index (Phi) is 4.44. The van der Waals surface area contributed by atoms with E-state index in [2.05, 4.69) is 9.97 Å². The molecule has 0 saturated heterocycles. The lowest BCUT2D eigenvalue weighted by atomic mass is 10.3. The monoisotopic (exact) mass is 332 g/mol. The molecule has 0 fully saturated rings. The van der Waals surface area contributed by atoms with Crippen molar-refractivity contribution in [2.45, 2.75) is 10.9 Å². The predicted octanol–water partition coefficient (Wildman–Crippen LogP) is 2.78. The van der Waals surface area contributed by atoms with Crippen molar-refractivity contribution in [1.29, 1.82) is 0 Å². The van der Waals surface area contributed by atoms with Gasteiger partial charge in [0.1, 0.15) is 5.82 Å². The number of fused-ring (bicyclic) bond motifs is 1. The number of hydrogen-bond acceptors (Lipinski definition) is 5. The van der Waals surface area contributed by atoms with E-state index >= 15 is 0 Å². The zero-order chi connectivity index (χ0) is 15.5. The molecule has 3 rings (SSSR count). The van der Waals surface area contributed by atoms with E-state index in [0.717, 1.165) is 20.4 Å². The van der Waals surface area contributed by atoms with E-state index in [0.29, 0.717) is 12.3 Å². The largest absolute Gasteiger partial charge is 0.338 e. The molecule has 0 radical (unpaired) electrons. The number of benzene rings is 1. The Labute approximate surface area is 137 Å². The van der Waals surface area contributed by atoms with E-state index in [1.54, 1.807) is 29.5 Å². The van der Waals surface area contributed by atoms with Gasteiger partial charge < -0.3 is 9.47 Å². The van der Waals surface area contributed by atoms with Crippen molar-refractivity contribution in [3.8, 4) is 0 Å². The van der Waals surface area contributed by atoms with Gasteiger partial charge >= 0.3 is 0 Å². The summed E-state index contributed by atoms with van der Waals surface area (Å²) in [6, 6.07) is 8.01. The number of aromatic nitrogens is 3. The number of carbonyl (C=O) groups excluding carboxylic acids is 1. The summed E-state index contributed by atoms with van der Waals surface area (Å²) < 4.78 is 4.00. The number of para-hydroxylation sites is 1. The van der Waals surface area contributed by atoms with Crippen LogP contribution in [0.25, 0.3) is 10.2 Å². The normalized spacial score (nSPS) is 11.0. The molecule has 22 heavy (non-hydrogen) atoms. The fourth-order valence-electron chi connectivity index (χ4n) is 2.00. The second-order valence-corrected chi connectivity index (χ2v) is 7.19. The minimum atomic E-state index is 0.0762. The molecular formula is C15H16N4OS2. The molecule has 0 saturated carbocycles. The molecule has 114 valence electrons. The summed E-state index contributed by atoms with van der Waals surface area (Å²) in [6.07, 6.45) is 3.62. The third-order valence-electron chi connectivity index (χ3n) is 3.32. The molecule has 0 aliphatic rings. The molecule has 0 unspecified atom stereocenters. The Hall–Kier alpha value is -1.86. The summed E-state index contributed by atoms with van der Waals surface area (Å²) in [4.78, 5) is 22.7. The molecule has 0 atom stereocenters. The van der Waals surface area contributed by atoms with Gasteiger partial charge in [-0.05, 0) is 12.1 Å². The molecular weight excluding hydrogens is 316 g/mol. The van der Waals surface area contributed by atoms with Gasteiger partial charge in [-0.15, -0.1) is 11.3 Å². The number of amides is 1. The van der Waals surface area contributed by atoms with Gasteiger partial charge in [0.05, 0.1) is 22.5 Å². The second-order valence-electron chi connectivity index (χ2n) is 4.94. The van der Waals surface area contributed by atoms with Gasteiger partial charge in [-0.25, -0.2) is 9.97 Å². The van der Waals surface area contributed by atoms with Crippen LogP contribution < -0.4 is 0 Å². The van der Waals surface area contributed by atoms with Crippen molar-refractivity contribution < 1.29 is 4.79 Å². The van der Waals surface area contributed by atoms with Crippen LogP contribution in [0.3, 0.4) is 0 Å². The number of aryl methyl sites for hydroxylation is 1. The third-order valence-corrected chi connectivity index (χ3v) is 5.48. The molecule has 7 heteroatoms. The zero-order valence-electron chi connectivity index (χ0n) is 12.4. The predicted molar refractivity (Wildman–Crippen MR) is 90.0 cm³/mol. The Morgan fingerprint density at radius 1 is 1.41 bits per heavy atom. The summed E-state index contributed by atoms with van der Waals surface area (Å²) >= 11 is 3.11. The fraction of sp³-hybridized carbons (Fsp3) is 0.267. The maximum atomic E-state index is 12.2. The molecule has 0 aliphatic heterocycles. The zero-order valence-corrected chi connectivity index (χ0v) is 14.0. The number of imidazole rings is 1. The van der Waals surface area contributed by atoms with Gasteiger partial charge in [0, 0.05) is 26.5 Å². The molecule has 2 heterocycles. The van der Waals surface area contributed by atoms with Gasteiger partial charge in [0.25, 0.3) is 0 Å². The van der Waals surface area contributed by atoms with Crippen LogP contribution in [0.5, 0.6) is 0 Å². The highest BCUT2D eigenvalue weighted by Crippen LogP contribution is 2.29. The van der Waals surface area contributed by atoms with Gasteiger partial charge in [0.2, 0.25) is 5.91 Å². The van der Waals surface area contributed by atoms with Crippen LogP contribution in [0.4, 0.5) is 0 Å². The Morgan fingerprint density at radius 3 is 2.95 bits per heavy atom. The van der Waals surface area contributed by atoms with Gasteiger partial charge in [0.15, 0.2) is 4.34 Å². The Balaban J connectivity index is 1.58. The number of thiazole rings is 1. The van der Waals surface area contributed by atoms with Crippen LogP contribution in [0, 0.1) is 0 Å². The number of hydrogen-bond donors (Lipinski definition) is 0. The Morgan fingerprint density at radius 2 is 2.23 bits per heavy atom. The summed E-state index contributed by atoms with van der Waals surface area (Å²) in [5, 5.41) is 0. The molecule has 0 spiro atoms. The number of rotatable bonds is 5. The summed E-state index contributed by atoms with van der Waals surface area (Å²) in [5.74, 6) is 1.34. The van der Waals surface area contributed by atoms with E-state index in [-0.39, 0.29) is 5.91 Å². The maximum Gasteiger partial charge on any atom is 0.233 e. The smallest absolute Gasteiger partial charge is 0.233 e. The average Bonchev–Trinajstić information content (AvgIpc) is 3.10. The molecule has 0 N–H and O–H groups in total. The van der Waals surface area contributed by atoms with Crippen LogP contribution in [0.2, 0.25) is 0 Å². The highest BCUT2D eigenvalue weighted by molar-refractivity contribution is 8.01. The van der Waals surface area contributed by atoms with Crippen LogP contribution in [0.15, 0.2) is 41.0 Å². The quantitative estimate of drug-likeness (QED) is 0.674. The molecule has 2 aromatic heterocycles. The fourth-order valence-corrected chi connectivity index (χ4v) is 4.00. The van der Waals surface area contributed by atoms with Crippen LogP contribution in [0.1, 0.15) is 5.82 Å². The first kappa shape index (κ1) is 15.1. The van der Waals surface area contributed by atoms with Crippen LogP contribution in [-0.2, 0) is 18.4 Å². The standard InChI is InChI=1S/C15H16N4OS2/c1-18-8-7-16-13(18)9-19(2)14(20)10-21-15-17-11-5-3-4-6-12(11)22-15/h3-8H,9-10H2,1-2H3.